The average Bonchev–Trinajstić information content (AvgIpc) is 2.76. The Hall–Kier alpha value is -3.60. The molecule has 0 radical (unpaired) electrons. The van der Waals surface area contributed by atoms with Gasteiger partial charge in [-0.3, -0.25) is 0 Å². The van der Waals surface area contributed by atoms with Gasteiger partial charge in [-0.1, -0.05) is 54.1 Å². The Kier molecular flexibility index (Phi) is 5.51. The summed E-state index contributed by atoms with van der Waals surface area (Å²) in [4.78, 5) is 0. The molecule has 1 nitrogen and oxygen atoms in total. The van der Waals surface area contributed by atoms with Gasteiger partial charge < -0.3 is 4.74 Å². The van der Waals surface area contributed by atoms with Crippen LogP contribution in [0.25, 0.3) is 22.3 Å². The Balaban J connectivity index is 1.56. The number of benzene rings is 4. The minimum absolute atomic E-state index is 0.159. The first-order valence-electron chi connectivity index (χ1n) is 9.62. The molecule has 0 spiro atoms. The van der Waals surface area contributed by atoms with Crippen molar-refractivity contribution >= 4 is 0 Å². The van der Waals surface area contributed by atoms with Gasteiger partial charge in [-0.25, -0.2) is 8.78 Å². The van der Waals surface area contributed by atoms with Crippen LogP contribution in [0, 0.1) is 18.6 Å². The number of hydrogen-bond acceptors (Lipinski definition) is 1. The van der Waals surface area contributed by atoms with Gasteiger partial charge in [0, 0.05) is 5.56 Å². The summed E-state index contributed by atoms with van der Waals surface area (Å²) in [7, 11) is 0. The minimum Gasteiger partial charge on any atom is -0.429 e. The first-order valence-corrected chi connectivity index (χ1v) is 9.62. The van der Waals surface area contributed by atoms with Crippen molar-refractivity contribution in [1.29, 1.82) is 0 Å². The molecule has 31 heavy (non-hydrogen) atoms. The summed E-state index contributed by atoms with van der Waals surface area (Å²) in [5.41, 5.74) is 3.12. The van der Waals surface area contributed by atoms with Crippen molar-refractivity contribution in [2.24, 2.45) is 0 Å². The van der Waals surface area contributed by atoms with Gasteiger partial charge in [0.25, 0.3) is 0 Å². The molecular weight excluding hydrogens is 404 g/mol. The van der Waals surface area contributed by atoms with E-state index in [1.165, 1.54) is 30.3 Å². The highest BCUT2D eigenvalue weighted by molar-refractivity contribution is 5.71. The highest BCUT2D eigenvalue weighted by atomic mass is 19.3. The third-order valence-electron chi connectivity index (χ3n) is 4.95. The largest absolute Gasteiger partial charge is 0.429 e. The summed E-state index contributed by atoms with van der Waals surface area (Å²) >= 11 is 0. The number of ether oxygens (including phenoxy) is 1. The number of halogens is 4. The summed E-state index contributed by atoms with van der Waals surface area (Å²) < 4.78 is 61.3. The van der Waals surface area contributed by atoms with Gasteiger partial charge in [0.15, 0.2) is 0 Å². The predicted octanol–water partition coefficient (Wildman–Crippen LogP) is 7.74. The van der Waals surface area contributed by atoms with Crippen molar-refractivity contribution in [3.05, 3.63) is 114 Å². The third-order valence-corrected chi connectivity index (χ3v) is 4.95. The number of rotatable bonds is 5. The fourth-order valence-electron chi connectivity index (χ4n) is 3.23. The Morgan fingerprint density at radius 2 is 1.23 bits per heavy atom. The van der Waals surface area contributed by atoms with Crippen molar-refractivity contribution in [3.63, 3.8) is 0 Å². The normalized spacial score (nSPS) is 11.4. The maximum atomic E-state index is 14.8. The zero-order valence-corrected chi connectivity index (χ0v) is 16.6. The Bertz CT molecular complexity index is 1180. The Labute approximate surface area is 177 Å². The molecule has 4 rings (SSSR count). The molecule has 0 unspecified atom stereocenters. The zero-order valence-electron chi connectivity index (χ0n) is 16.6. The van der Waals surface area contributed by atoms with Gasteiger partial charge in [0.1, 0.15) is 17.4 Å². The number of alkyl halides is 2. The monoisotopic (exact) mass is 422 g/mol. The van der Waals surface area contributed by atoms with Crippen molar-refractivity contribution < 1.29 is 22.3 Å². The molecule has 0 saturated heterocycles. The van der Waals surface area contributed by atoms with Crippen LogP contribution < -0.4 is 4.74 Å². The lowest BCUT2D eigenvalue weighted by atomic mass is 9.98. The molecule has 0 heterocycles. The van der Waals surface area contributed by atoms with E-state index in [1.807, 2.05) is 31.2 Å². The molecule has 0 aliphatic carbocycles. The van der Waals surface area contributed by atoms with Gasteiger partial charge in [-0.15, -0.1) is 0 Å². The topological polar surface area (TPSA) is 9.23 Å². The van der Waals surface area contributed by atoms with Gasteiger partial charge in [-0.2, -0.15) is 8.78 Å². The van der Waals surface area contributed by atoms with Crippen LogP contribution in [0.15, 0.2) is 91.0 Å². The predicted molar refractivity (Wildman–Crippen MR) is 113 cm³/mol. The highest BCUT2D eigenvalue weighted by Gasteiger charge is 2.34. The van der Waals surface area contributed by atoms with Crippen molar-refractivity contribution in [2.75, 3.05) is 0 Å². The van der Waals surface area contributed by atoms with E-state index in [-0.39, 0.29) is 5.75 Å². The average molecular weight is 422 g/mol. The molecule has 0 bridgehead atoms. The van der Waals surface area contributed by atoms with Gasteiger partial charge in [0.2, 0.25) is 0 Å². The summed E-state index contributed by atoms with van der Waals surface area (Å²) in [6.07, 6.45) is -3.62. The van der Waals surface area contributed by atoms with Crippen LogP contribution in [-0.2, 0) is 6.11 Å². The van der Waals surface area contributed by atoms with Crippen molar-refractivity contribution in [2.45, 2.75) is 13.0 Å². The van der Waals surface area contributed by atoms with E-state index in [1.54, 1.807) is 12.1 Å². The second kappa shape index (κ2) is 8.26. The quantitative estimate of drug-likeness (QED) is 0.299. The smallest absolute Gasteiger partial charge is 0.426 e. The maximum Gasteiger partial charge on any atom is 0.426 e. The lowest BCUT2D eigenvalue weighted by Crippen LogP contribution is -2.21. The number of hydrogen-bond donors (Lipinski definition) is 0. The fraction of sp³-hybridized carbons (Fsp3) is 0.0769. The van der Waals surface area contributed by atoms with Gasteiger partial charge >= 0.3 is 6.11 Å². The molecule has 0 aliphatic rings. The lowest BCUT2D eigenvalue weighted by molar-refractivity contribution is -0.185. The van der Waals surface area contributed by atoms with E-state index in [2.05, 4.69) is 0 Å². The fourth-order valence-corrected chi connectivity index (χ4v) is 3.23. The first-order chi connectivity index (χ1) is 14.8. The van der Waals surface area contributed by atoms with Crippen molar-refractivity contribution in [3.8, 4) is 28.0 Å². The molecule has 0 aliphatic heterocycles. The summed E-state index contributed by atoms with van der Waals surface area (Å²) in [6.45, 7) is 1.98. The van der Waals surface area contributed by atoms with Crippen LogP contribution in [-0.4, -0.2) is 0 Å². The maximum absolute atomic E-state index is 14.8. The zero-order chi connectivity index (χ0) is 22.0. The van der Waals surface area contributed by atoms with Gasteiger partial charge in [-0.05, 0) is 66.1 Å². The molecule has 0 saturated carbocycles. The second-order valence-corrected chi connectivity index (χ2v) is 7.21. The second-order valence-electron chi connectivity index (χ2n) is 7.21. The van der Waals surface area contributed by atoms with E-state index in [0.29, 0.717) is 11.1 Å². The van der Waals surface area contributed by atoms with Crippen LogP contribution in [0.3, 0.4) is 0 Å². The molecule has 0 atom stereocenters. The summed E-state index contributed by atoms with van der Waals surface area (Å²) in [6, 6.07) is 22.1. The molecule has 0 N–H and O–H groups in total. The molecule has 0 aromatic heterocycles. The number of aryl methyl sites for hydroxylation is 1. The van der Waals surface area contributed by atoms with E-state index in [0.717, 1.165) is 41.0 Å². The van der Waals surface area contributed by atoms with Crippen LogP contribution >= 0.6 is 0 Å². The minimum atomic E-state index is -3.62. The van der Waals surface area contributed by atoms with Crippen LogP contribution in [0.4, 0.5) is 17.6 Å². The van der Waals surface area contributed by atoms with Crippen LogP contribution in [0.2, 0.25) is 0 Å². The van der Waals surface area contributed by atoms with E-state index >= 15 is 0 Å². The van der Waals surface area contributed by atoms with E-state index < -0.39 is 23.3 Å². The van der Waals surface area contributed by atoms with E-state index in [9.17, 15) is 17.6 Å². The van der Waals surface area contributed by atoms with Crippen molar-refractivity contribution in [1.82, 2.24) is 0 Å². The Morgan fingerprint density at radius 1 is 0.645 bits per heavy atom. The molecule has 156 valence electrons. The van der Waals surface area contributed by atoms with Gasteiger partial charge in [0.05, 0.1) is 5.56 Å². The van der Waals surface area contributed by atoms with Crippen LogP contribution in [0.1, 0.15) is 11.1 Å². The molecule has 0 fully saturated rings. The van der Waals surface area contributed by atoms with Crippen LogP contribution in [0.5, 0.6) is 5.75 Å². The lowest BCUT2D eigenvalue weighted by Gasteiger charge is -2.18. The van der Waals surface area contributed by atoms with E-state index in [4.69, 9.17) is 4.74 Å². The first kappa shape index (κ1) is 20.7. The standard InChI is InChI=1S/C26H18F4O/c1-17-2-4-18(5-3-17)20-8-15-24(25(28)16-20)19-6-9-21(10-7-19)26(29,30)31-23-13-11-22(27)12-14-23/h2-16H,1H3. The third kappa shape index (κ3) is 4.61. The summed E-state index contributed by atoms with van der Waals surface area (Å²) in [5.74, 6) is -1.15. The molecular formula is C26H18F4O. The SMILES string of the molecule is Cc1ccc(-c2ccc(-c3ccc(C(F)(F)Oc4ccc(F)cc4)cc3)c(F)c2)cc1. The summed E-state index contributed by atoms with van der Waals surface area (Å²) in [5, 5.41) is 0. The molecule has 4 aromatic carbocycles. The molecule has 0 amide bonds. The Morgan fingerprint density at radius 3 is 1.84 bits per heavy atom. The molecule has 5 heteroatoms. The highest BCUT2D eigenvalue weighted by Crippen LogP contribution is 2.34. The molecule has 4 aromatic rings.